The normalized spacial score (nSPS) is 13.7. The molecule has 0 bridgehead atoms. The number of hydrogen-bond donors (Lipinski definition) is 2. The minimum absolute atomic E-state index is 0.126. The lowest BCUT2D eigenvalue weighted by molar-refractivity contribution is -0.139. The van der Waals surface area contributed by atoms with E-state index in [0.717, 1.165) is 6.21 Å². The molecule has 6 heteroatoms. The van der Waals surface area contributed by atoms with Crippen LogP contribution in [0.3, 0.4) is 0 Å². The van der Waals surface area contributed by atoms with E-state index in [1.807, 2.05) is 13.8 Å². The van der Waals surface area contributed by atoms with Crippen molar-refractivity contribution >= 4 is 23.9 Å². The van der Waals surface area contributed by atoms with Gasteiger partial charge in [-0.1, -0.05) is 44.2 Å². The van der Waals surface area contributed by atoms with Gasteiger partial charge in [0, 0.05) is 11.8 Å². The van der Waals surface area contributed by atoms with Gasteiger partial charge in [0.05, 0.1) is 6.61 Å². The largest absolute Gasteiger partial charge is 0.506 e. The van der Waals surface area contributed by atoms with Gasteiger partial charge >= 0.3 is 11.9 Å². The van der Waals surface area contributed by atoms with Crippen LogP contribution in [0.4, 0.5) is 0 Å². The molecule has 0 radical (unpaired) electrons. The van der Waals surface area contributed by atoms with Gasteiger partial charge in [-0.15, -0.1) is 0 Å². The number of aliphatic hydroxyl groups excluding tert-OH is 1. The highest BCUT2D eigenvalue weighted by atomic mass is 16.5. The zero-order valence-electron chi connectivity index (χ0n) is 14.1. The molecule has 0 aliphatic carbocycles. The standard InChI is InChI=1S/C18H23NO5/c1-4-24-18(23)14(16(20)13-8-6-5-7-9-13)11-19-15(17(21)22)10-12(2)3/h5-9,11-12,15,20H,4,10H2,1-3H3,(H,21,22)/b16-14+,19-11?/t15-/m0/s1. The molecule has 0 saturated heterocycles. The van der Waals surface area contributed by atoms with Crippen molar-refractivity contribution in [3.63, 3.8) is 0 Å². The topological polar surface area (TPSA) is 96.2 Å². The summed E-state index contributed by atoms with van der Waals surface area (Å²) >= 11 is 0. The van der Waals surface area contributed by atoms with Crippen LogP contribution in [0, 0.1) is 5.92 Å². The number of carbonyl (C=O) groups is 2. The van der Waals surface area contributed by atoms with Crippen molar-refractivity contribution in [2.45, 2.75) is 33.2 Å². The number of aliphatic imine (C=N–C) groups is 1. The Bertz CT molecular complexity index is 620. The van der Waals surface area contributed by atoms with Crippen LogP contribution in [0.5, 0.6) is 0 Å². The molecule has 0 heterocycles. The molecule has 0 unspecified atom stereocenters. The second kappa shape index (κ2) is 9.50. The maximum atomic E-state index is 12.1. The third-order valence-corrected chi connectivity index (χ3v) is 3.16. The van der Waals surface area contributed by atoms with Gasteiger partial charge in [-0.25, -0.2) is 9.59 Å². The van der Waals surface area contributed by atoms with E-state index >= 15 is 0 Å². The summed E-state index contributed by atoms with van der Waals surface area (Å²) in [5.74, 6) is -2.01. The monoisotopic (exact) mass is 333 g/mol. The van der Waals surface area contributed by atoms with Gasteiger partial charge < -0.3 is 14.9 Å². The Hall–Kier alpha value is -2.63. The second-order valence-electron chi connectivity index (χ2n) is 5.61. The van der Waals surface area contributed by atoms with E-state index in [4.69, 9.17) is 4.74 Å². The van der Waals surface area contributed by atoms with Crippen molar-refractivity contribution < 1.29 is 24.5 Å². The number of aliphatic carboxylic acids is 1. The molecule has 0 amide bonds. The molecule has 2 N–H and O–H groups in total. The summed E-state index contributed by atoms with van der Waals surface area (Å²) in [4.78, 5) is 27.3. The SMILES string of the molecule is CCOC(=O)/C(C=N[C@@H](CC(C)C)C(=O)O)=C(/O)c1ccccc1. The molecule has 1 aromatic rings. The summed E-state index contributed by atoms with van der Waals surface area (Å²) in [6.07, 6.45) is 1.41. The van der Waals surface area contributed by atoms with Gasteiger partial charge in [-0.2, -0.15) is 0 Å². The van der Waals surface area contributed by atoms with Crippen LogP contribution in [-0.4, -0.2) is 41.0 Å². The molecule has 130 valence electrons. The summed E-state index contributed by atoms with van der Waals surface area (Å²) in [6.45, 7) is 5.54. The van der Waals surface area contributed by atoms with E-state index in [-0.39, 0.29) is 23.9 Å². The van der Waals surface area contributed by atoms with Gasteiger partial charge in [-0.3, -0.25) is 4.99 Å². The number of rotatable bonds is 8. The van der Waals surface area contributed by atoms with Crippen molar-refractivity contribution in [3.8, 4) is 0 Å². The fourth-order valence-electron chi connectivity index (χ4n) is 2.01. The maximum Gasteiger partial charge on any atom is 0.343 e. The molecule has 0 spiro atoms. The zero-order valence-corrected chi connectivity index (χ0v) is 14.1. The molecule has 1 rings (SSSR count). The number of carbonyl (C=O) groups excluding carboxylic acids is 1. The first-order valence-corrected chi connectivity index (χ1v) is 7.78. The number of aliphatic hydroxyl groups is 1. The minimum Gasteiger partial charge on any atom is -0.506 e. The zero-order chi connectivity index (χ0) is 18.1. The average molecular weight is 333 g/mol. The summed E-state index contributed by atoms with van der Waals surface area (Å²) in [5, 5.41) is 19.6. The highest BCUT2D eigenvalue weighted by molar-refractivity contribution is 6.15. The lowest BCUT2D eigenvalue weighted by Gasteiger charge is -2.11. The number of carboxylic acids is 1. The predicted octanol–water partition coefficient (Wildman–Crippen LogP) is 3.09. The maximum absolute atomic E-state index is 12.1. The van der Waals surface area contributed by atoms with Crippen LogP contribution in [0.25, 0.3) is 5.76 Å². The van der Waals surface area contributed by atoms with E-state index in [9.17, 15) is 19.8 Å². The second-order valence-corrected chi connectivity index (χ2v) is 5.61. The van der Waals surface area contributed by atoms with Crippen molar-refractivity contribution in [2.75, 3.05) is 6.61 Å². The van der Waals surface area contributed by atoms with Crippen LogP contribution < -0.4 is 0 Å². The quantitative estimate of drug-likeness (QED) is 0.330. The Morgan fingerprint density at radius 3 is 2.33 bits per heavy atom. The third kappa shape index (κ3) is 5.87. The number of hydrogen-bond acceptors (Lipinski definition) is 5. The Kier molecular flexibility index (Phi) is 7.68. The Balaban J connectivity index is 3.21. The summed E-state index contributed by atoms with van der Waals surface area (Å²) in [5.41, 5.74) is 0.251. The first-order valence-electron chi connectivity index (χ1n) is 7.78. The number of carboxylic acid groups (broad SMARTS) is 1. The van der Waals surface area contributed by atoms with E-state index in [2.05, 4.69) is 4.99 Å². The summed E-state index contributed by atoms with van der Waals surface area (Å²) in [7, 11) is 0. The highest BCUT2D eigenvalue weighted by Crippen LogP contribution is 2.17. The number of ether oxygens (including phenoxy) is 1. The fraction of sp³-hybridized carbons (Fsp3) is 0.389. The molecule has 1 aromatic carbocycles. The Morgan fingerprint density at radius 2 is 1.83 bits per heavy atom. The van der Waals surface area contributed by atoms with Gasteiger partial charge in [-0.05, 0) is 19.3 Å². The molecule has 0 aliphatic rings. The van der Waals surface area contributed by atoms with Gasteiger partial charge in [0.1, 0.15) is 17.4 Å². The summed E-state index contributed by atoms with van der Waals surface area (Å²) < 4.78 is 4.93. The molecule has 0 aliphatic heterocycles. The number of benzene rings is 1. The van der Waals surface area contributed by atoms with Crippen molar-refractivity contribution in [2.24, 2.45) is 10.9 Å². The molecule has 0 aromatic heterocycles. The minimum atomic E-state index is -1.08. The van der Waals surface area contributed by atoms with Crippen LogP contribution in [0.15, 0.2) is 40.9 Å². The highest BCUT2D eigenvalue weighted by Gasteiger charge is 2.20. The van der Waals surface area contributed by atoms with Gasteiger partial charge in [0.15, 0.2) is 0 Å². The molecule has 0 saturated carbocycles. The van der Waals surface area contributed by atoms with E-state index in [1.165, 1.54) is 0 Å². The molecule has 6 nitrogen and oxygen atoms in total. The molecule has 0 fully saturated rings. The van der Waals surface area contributed by atoms with Crippen molar-refractivity contribution in [3.05, 3.63) is 41.5 Å². The third-order valence-electron chi connectivity index (χ3n) is 3.16. The fourth-order valence-corrected chi connectivity index (χ4v) is 2.01. The molecular weight excluding hydrogens is 310 g/mol. The number of nitrogens with zero attached hydrogens (tertiary/aromatic N) is 1. The van der Waals surface area contributed by atoms with Crippen LogP contribution >= 0.6 is 0 Å². The van der Waals surface area contributed by atoms with Gasteiger partial charge in [0.25, 0.3) is 0 Å². The van der Waals surface area contributed by atoms with Crippen molar-refractivity contribution in [1.29, 1.82) is 0 Å². The lowest BCUT2D eigenvalue weighted by Crippen LogP contribution is -2.21. The first kappa shape index (κ1) is 19.4. The van der Waals surface area contributed by atoms with Crippen molar-refractivity contribution in [1.82, 2.24) is 0 Å². The molecule has 1 atom stereocenters. The van der Waals surface area contributed by atoms with Gasteiger partial charge in [0.2, 0.25) is 0 Å². The number of esters is 1. The molecular formula is C18H23NO5. The Labute approximate surface area is 141 Å². The van der Waals surface area contributed by atoms with E-state index < -0.39 is 18.0 Å². The van der Waals surface area contributed by atoms with Crippen LogP contribution in [0.2, 0.25) is 0 Å². The van der Waals surface area contributed by atoms with E-state index in [0.29, 0.717) is 12.0 Å². The molecule has 24 heavy (non-hydrogen) atoms. The summed E-state index contributed by atoms with van der Waals surface area (Å²) in [6, 6.07) is 7.47. The Morgan fingerprint density at radius 1 is 1.21 bits per heavy atom. The smallest absolute Gasteiger partial charge is 0.343 e. The van der Waals surface area contributed by atoms with Crippen LogP contribution in [-0.2, 0) is 14.3 Å². The van der Waals surface area contributed by atoms with E-state index in [1.54, 1.807) is 37.3 Å². The average Bonchev–Trinajstić information content (AvgIpc) is 2.54. The lowest BCUT2D eigenvalue weighted by atomic mass is 10.0. The predicted molar refractivity (Wildman–Crippen MR) is 92.0 cm³/mol. The first-order chi connectivity index (χ1) is 11.4. The van der Waals surface area contributed by atoms with Crippen LogP contribution in [0.1, 0.15) is 32.8 Å².